The average molecular weight is 477 g/mol. The summed E-state index contributed by atoms with van der Waals surface area (Å²) >= 11 is 0. The molecule has 0 atom stereocenters. The van der Waals surface area contributed by atoms with Crippen molar-refractivity contribution in [2.24, 2.45) is 0 Å². The van der Waals surface area contributed by atoms with E-state index in [1.807, 2.05) is 0 Å². The molecule has 0 aliphatic rings. The maximum absolute atomic E-state index is 12.7. The first-order valence-electron chi connectivity index (χ1n) is 9.24. The van der Waals surface area contributed by atoms with Crippen molar-refractivity contribution >= 4 is 22.0 Å². The molecule has 1 amide bonds. The van der Waals surface area contributed by atoms with E-state index in [4.69, 9.17) is 13.9 Å². The first kappa shape index (κ1) is 23.5. The third-order valence-corrected chi connectivity index (χ3v) is 5.77. The first-order chi connectivity index (χ1) is 15.7. The standard InChI is InChI=1S/C20H19N3O9S/c1-29-14-9-8-12(10-15(14)30-2)11-17-21-23(20(26)32-17)19(25)22-33(27,28)16-7-5-4-6-13(16)18(24)31-3/h4-10H,11H2,1-3H3,(H,22,25). The van der Waals surface area contributed by atoms with E-state index in [0.717, 1.165) is 13.2 Å². The molecule has 1 N–H and O–H groups in total. The van der Waals surface area contributed by atoms with Gasteiger partial charge in [0.2, 0.25) is 5.89 Å². The van der Waals surface area contributed by atoms with Crippen LogP contribution in [0.2, 0.25) is 0 Å². The molecule has 1 aromatic heterocycles. The van der Waals surface area contributed by atoms with Gasteiger partial charge in [0.1, 0.15) is 4.90 Å². The minimum absolute atomic E-state index is 0.00774. The third kappa shape index (κ3) is 5.03. The number of carbonyl (C=O) groups excluding carboxylic acids is 2. The Balaban J connectivity index is 1.84. The summed E-state index contributed by atoms with van der Waals surface area (Å²) in [4.78, 5) is 35.9. The molecular formula is C20H19N3O9S. The Hall–Kier alpha value is -4.13. The lowest BCUT2D eigenvalue weighted by molar-refractivity contribution is 0.0596. The van der Waals surface area contributed by atoms with Crippen molar-refractivity contribution in [3.05, 3.63) is 70.0 Å². The van der Waals surface area contributed by atoms with Gasteiger partial charge >= 0.3 is 17.8 Å². The van der Waals surface area contributed by atoms with E-state index in [9.17, 15) is 22.8 Å². The van der Waals surface area contributed by atoms with Crippen molar-refractivity contribution in [3.63, 3.8) is 0 Å². The summed E-state index contributed by atoms with van der Waals surface area (Å²) in [6.45, 7) is 0. The predicted octanol–water partition coefficient (Wildman–Crippen LogP) is 1.18. The van der Waals surface area contributed by atoms with Crippen LogP contribution in [0.5, 0.6) is 11.5 Å². The fraction of sp³-hybridized carbons (Fsp3) is 0.200. The number of ether oxygens (including phenoxy) is 3. The van der Waals surface area contributed by atoms with Gasteiger partial charge in [0.05, 0.1) is 33.3 Å². The minimum atomic E-state index is -4.55. The lowest BCUT2D eigenvalue weighted by atomic mass is 10.1. The highest BCUT2D eigenvalue weighted by atomic mass is 32.2. The first-order valence-corrected chi connectivity index (χ1v) is 10.7. The summed E-state index contributed by atoms with van der Waals surface area (Å²) in [5.74, 6) is -1.33. The number of carbonyl (C=O) groups is 2. The minimum Gasteiger partial charge on any atom is -0.493 e. The smallest absolute Gasteiger partial charge is 0.446 e. The maximum atomic E-state index is 12.7. The topological polar surface area (TPSA) is 156 Å². The number of benzene rings is 2. The van der Waals surface area contributed by atoms with Crippen molar-refractivity contribution < 1.29 is 36.6 Å². The van der Waals surface area contributed by atoms with Crippen LogP contribution in [0.4, 0.5) is 4.79 Å². The number of hydrogen-bond acceptors (Lipinski definition) is 10. The highest BCUT2D eigenvalue weighted by Crippen LogP contribution is 2.28. The SMILES string of the molecule is COC(=O)c1ccccc1S(=O)(=O)NC(=O)n1nc(Cc2ccc(OC)c(OC)c2)oc1=O. The lowest BCUT2D eigenvalue weighted by Gasteiger charge is -2.09. The molecule has 13 heteroatoms. The average Bonchev–Trinajstić information content (AvgIpc) is 3.18. The summed E-state index contributed by atoms with van der Waals surface area (Å²) < 4.78 is 47.1. The lowest BCUT2D eigenvalue weighted by Crippen LogP contribution is -2.39. The van der Waals surface area contributed by atoms with Crippen molar-refractivity contribution in [1.82, 2.24) is 14.5 Å². The zero-order valence-corrected chi connectivity index (χ0v) is 18.5. The summed E-state index contributed by atoms with van der Waals surface area (Å²) in [6.07, 6.45) is 0.00774. The monoisotopic (exact) mass is 477 g/mol. The van der Waals surface area contributed by atoms with E-state index < -0.39 is 32.7 Å². The highest BCUT2D eigenvalue weighted by molar-refractivity contribution is 7.90. The van der Waals surface area contributed by atoms with Gasteiger partial charge in [-0.25, -0.2) is 27.5 Å². The number of methoxy groups -OCH3 is 3. The molecule has 0 aliphatic heterocycles. The van der Waals surface area contributed by atoms with Crippen molar-refractivity contribution in [2.75, 3.05) is 21.3 Å². The van der Waals surface area contributed by atoms with Crippen LogP contribution in [0.15, 0.2) is 56.6 Å². The Bertz CT molecular complexity index is 1360. The fourth-order valence-corrected chi connectivity index (χ4v) is 4.00. The number of nitrogens with zero attached hydrogens (tertiary/aromatic N) is 2. The van der Waals surface area contributed by atoms with Crippen molar-refractivity contribution in [1.29, 1.82) is 0 Å². The second-order valence-electron chi connectivity index (χ2n) is 6.44. The molecule has 3 rings (SSSR count). The summed E-state index contributed by atoms with van der Waals surface area (Å²) in [7, 11) is -0.528. The van der Waals surface area contributed by atoms with Crippen LogP contribution in [0.1, 0.15) is 21.8 Å². The Kier molecular flexibility index (Phi) is 6.82. The van der Waals surface area contributed by atoms with Gasteiger partial charge in [0.15, 0.2) is 11.5 Å². The fourth-order valence-electron chi connectivity index (χ4n) is 2.87. The largest absolute Gasteiger partial charge is 0.493 e. The molecule has 2 aromatic carbocycles. The molecule has 3 aromatic rings. The molecule has 12 nitrogen and oxygen atoms in total. The Morgan fingerprint density at radius 2 is 1.76 bits per heavy atom. The molecule has 0 saturated carbocycles. The molecule has 0 aliphatic carbocycles. The van der Waals surface area contributed by atoms with Gasteiger partial charge in [0, 0.05) is 0 Å². The van der Waals surface area contributed by atoms with Gasteiger partial charge in [0.25, 0.3) is 10.0 Å². The van der Waals surface area contributed by atoms with E-state index in [1.54, 1.807) is 22.9 Å². The number of hydrogen-bond donors (Lipinski definition) is 1. The Labute approximate surface area is 187 Å². The van der Waals surface area contributed by atoms with Gasteiger partial charge in [-0.1, -0.05) is 18.2 Å². The highest BCUT2D eigenvalue weighted by Gasteiger charge is 2.27. The van der Waals surface area contributed by atoms with E-state index in [2.05, 4.69) is 9.84 Å². The normalized spacial score (nSPS) is 11.0. The Morgan fingerprint density at radius 1 is 1.06 bits per heavy atom. The van der Waals surface area contributed by atoms with Crippen LogP contribution in [0, 0.1) is 0 Å². The van der Waals surface area contributed by atoms with Crippen LogP contribution >= 0.6 is 0 Å². The van der Waals surface area contributed by atoms with Crippen LogP contribution in [-0.4, -0.2) is 51.5 Å². The number of nitrogens with one attached hydrogen (secondary N) is 1. The summed E-state index contributed by atoms with van der Waals surface area (Å²) in [5.41, 5.74) is 0.336. The van der Waals surface area contributed by atoms with Gasteiger partial charge in [-0.05, 0) is 29.8 Å². The van der Waals surface area contributed by atoms with Crippen LogP contribution in [-0.2, 0) is 21.2 Å². The molecule has 174 valence electrons. The molecule has 0 bridgehead atoms. The van der Waals surface area contributed by atoms with Crippen molar-refractivity contribution in [2.45, 2.75) is 11.3 Å². The second kappa shape index (κ2) is 9.56. The number of aromatic nitrogens is 2. The van der Waals surface area contributed by atoms with Gasteiger partial charge in [-0.2, -0.15) is 0 Å². The Morgan fingerprint density at radius 3 is 2.42 bits per heavy atom. The number of amides is 1. The second-order valence-corrected chi connectivity index (χ2v) is 8.09. The molecule has 33 heavy (non-hydrogen) atoms. The quantitative estimate of drug-likeness (QED) is 0.490. The molecule has 0 saturated heterocycles. The molecule has 1 heterocycles. The zero-order chi connectivity index (χ0) is 24.2. The number of esters is 1. The molecule has 0 spiro atoms. The van der Waals surface area contributed by atoms with Gasteiger partial charge in [-0.15, -0.1) is 9.78 Å². The molecule has 0 radical (unpaired) electrons. The van der Waals surface area contributed by atoms with Gasteiger partial charge < -0.3 is 18.6 Å². The van der Waals surface area contributed by atoms with Crippen LogP contribution in [0.3, 0.4) is 0 Å². The maximum Gasteiger partial charge on any atom is 0.446 e. The molecule has 0 unspecified atom stereocenters. The van der Waals surface area contributed by atoms with E-state index in [0.29, 0.717) is 17.1 Å². The van der Waals surface area contributed by atoms with E-state index >= 15 is 0 Å². The summed E-state index contributed by atoms with van der Waals surface area (Å²) in [5, 5.41) is 3.75. The number of sulfonamides is 1. The van der Waals surface area contributed by atoms with Crippen molar-refractivity contribution in [3.8, 4) is 11.5 Å². The molecular weight excluding hydrogens is 458 g/mol. The zero-order valence-electron chi connectivity index (χ0n) is 17.7. The van der Waals surface area contributed by atoms with E-state index in [1.165, 1.54) is 32.4 Å². The molecule has 0 fully saturated rings. The van der Waals surface area contributed by atoms with Gasteiger partial charge in [-0.3, -0.25) is 0 Å². The number of rotatable bonds is 7. The third-order valence-electron chi connectivity index (χ3n) is 4.39. The summed E-state index contributed by atoms with van der Waals surface area (Å²) in [6, 6.07) is 8.67. The van der Waals surface area contributed by atoms with Crippen LogP contribution < -0.4 is 20.0 Å². The van der Waals surface area contributed by atoms with Crippen LogP contribution in [0.25, 0.3) is 0 Å². The predicted molar refractivity (Wildman–Crippen MR) is 112 cm³/mol. The van der Waals surface area contributed by atoms with E-state index in [-0.39, 0.29) is 22.6 Å².